The highest BCUT2D eigenvalue weighted by atomic mass is 16.5. The number of ether oxygens (including phenoxy) is 2. The molecule has 154 valence electrons. The van der Waals surface area contributed by atoms with Gasteiger partial charge in [0.2, 0.25) is 0 Å². The van der Waals surface area contributed by atoms with E-state index in [2.05, 4.69) is 36.1 Å². The number of hydrogen-bond acceptors (Lipinski definition) is 4. The second kappa shape index (κ2) is 15.2. The molecule has 1 aliphatic heterocycles. The van der Waals surface area contributed by atoms with Crippen molar-refractivity contribution in [1.29, 1.82) is 0 Å². The molecular formula is C20H42N4O2. The zero-order chi connectivity index (χ0) is 19.0. The van der Waals surface area contributed by atoms with Gasteiger partial charge in [0.15, 0.2) is 5.96 Å². The molecule has 0 aliphatic carbocycles. The smallest absolute Gasteiger partial charge is 0.193 e. The molecule has 0 amide bonds. The monoisotopic (exact) mass is 370 g/mol. The molecule has 6 heteroatoms. The molecule has 1 aliphatic rings. The van der Waals surface area contributed by atoms with Crippen LogP contribution < -0.4 is 5.32 Å². The van der Waals surface area contributed by atoms with Crippen LogP contribution >= 0.6 is 0 Å². The Bertz CT molecular complexity index is 364. The van der Waals surface area contributed by atoms with Gasteiger partial charge in [0, 0.05) is 39.2 Å². The second-order valence-corrected chi connectivity index (χ2v) is 7.48. The summed E-state index contributed by atoms with van der Waals surface area (Å²) in [5.41, 5.74) is 0. The van der Waals surface area contributed by atoms with Crippen molar-refractivity contribution < 1.29 is 9.47 Å². The van der Waals surface area contributed by atoms with Gasteiger partial charge in [-0.25, -0.2) is 0 Å². The Morgan fingerprint density at radius 3 is 2.65 bits per heavy atom. The predicted octanol–water partition coefficient (Wildman–Crippen LogP) is 2.45. The van der Waals surface area contributed by atoms with Crippen molar-refractivity contribution in [3.8, 4) is 0 Å². The lowest BCUT2D eigenvalue weighted by Crippen LogP contribution is -2.40. The number of methoxy groups -OCH3 is 1. The van der Waals surface area contributed by atoms with Crippen molar-refractivity contribution in [2.24, 2.45) is 10.9 Å². The summed E-state index contributed by atoms with van der Waals surface area (Å²) in [7, 11) is 6.00. The van der Waals surface area contributed by atoms with E-state index in [9.17, 15) is 0 Å². The Morgan fingerprint density at radius 1 is 1.15 bits per heavy atom. The maximum absolute atomic E-state index is 5.69. The van der Waals surface area contributed by atoms with E-state index in [0.29, 0.717) is 19.1 Å². The van der Waals surface area contributed by atoms with Crippen LogP contribution in [0.4, 0.5) is 0 Å². The summed E-state index contributed by atoms with van der Waals surface area (Å²) in [5, 5.41) is 3.45. The van der Waals surface area contributed by atoms with Crippen LogP contribution in [-0.2, 0) is 9.47 Å². The minimum absolute atomic E-state index is 0.604. The van der Waals surface area contributed by atoms with E-state index >= 15 is 0 Å². The highest BCUT2D eigenvalue weighted by Crippen LogP contribution is 2.16. The van der Waals surface area contributed by atoms with Crippen molar-refractivity contribution in [3.63, 3.8) is 0 Å². The third-order valence-corrected chi connectivity index (χ3v) is 4.73. The van der Waals surface area contributed by atoms with Gasteiger partial charge < -0.3 is 24.6 Å². The van der Waals surface area contributed by atoms with Crippen LogP contribution in [0.1, 0.15) is 45.4 Å². The minimum Gasteiger partial charge on any atom is -0.382 e. The van der Waals surface area contributed by atoms with E-state index in [1.807, 2.05) is 0 Å². The molecule has 0 aromatic heterocycles. The molecule has 1 atom stereocenters. The van der Waals surface area contributed by atoms with E-state index < -0.39 is 0 Å². The van der Waals surface area contributed by atoms with Gasteiger partial charge in [-0.05, 0) is 46.8 Å². The number of nitrogens with one attached hydrogen (secondary N) is 1. The molecule has 0 radical (unpaired) electrons. The molecule has 0 aromatic carbocycles. The average molecular weight is 371 g/mol. The summed E-state index contributed by atoms with van der Waals surface area (Å²) < 4.78 is 10.7. The van der Waals surface area contributed by atoms with E-state index in [0.717, 1.165) is 38.7 Å². The SMILES string of the molecule is CCNC(=NCCCCCCCN(C)C)N1CCC(COCCOC)C1. The highest BCUT2D eigenvalue weighted by molar-refractivity contribution is 5.80. The molecule has 6 nitrogen and oxygen atoms in total. The van der Waals surface area contributed by atoms with E-state index in [1.165, 1.54) is 45.1 Å². The third kappa shape index (κ3) is 11.0. The molecule has 26 heavy (non-hydrogen) atoms. The molecule has 1 N–H and O–H groups in total. The molecule has 0 saturated carbocycles. The Balaban J connectivity index is 2.20. The number of guanidine groups is 1. The van der Waals surface area contributed by atoms with Crippen LogP contribution in [0.3, 0.4) is 0 Å². The van der Waals surface area contributed by atoms with Crippen molar-refractivity contribution in [2.75, 3.05) is 73.7 Å². The Kier molecular flexibility index (Phi) is 13.6. The molecular weight excluding hydrogens is 328 g/mol. The first-order valence-corrected chi connectivity index (χ1v) is 10.4. The van der Waals surface area contributed by atoms with Crippen molar-refractivity contribution in [2.45, 2.75) is 45.4 Å². The number of hydrogen-bond donors (Lipinski definition) is 1. The molecule has 1 rings (SSSR count). The van der Waals surface area contributed by atoms with Crippen molar-refractivity contribution >= 4 is 5.96 Å². The molecule has 1 unspecified atom stereocenters. The second-order valence-electron chi connectivity index (χ2n) is 7.48. The van der Waals surface area contributed by atoms with E-state index in [1.54, 1.807) is 7.11 Å². The first-order chi connectivity index (χ1) is 12.7. The van der Waals surface area contributed by atoms with Crippen LogP contribution in [0, 0.1) is 5.92 Å². The van der Waals surface area contributed by atoms with E-state index in [-0.39, 0.29) is 0 Å². The standard InChI is InChI=1S/C20H42N4O2/c1-5-21-20(22-12-9-7-6-8-10-13-23(2)3)24-14-11-19(17-24)18-26-16-15-25-4/h19H,5-18H2,1-4H3,(H,21,22). The topological polar surface area (TPSA) is 49.3 Å². The van der Waals surface area contributed by atoms with Gasteiger partial charge >= 0.3 is 0 Å². The average Bonchev–Trinajstić information content (AvgIpc) is 3.08. The fourth-order valence-electron chi connectivity index (χ4n) is 3.23. The molecule has 0 spiro atoms. The fourth-order valence-corrected chi connectivity index (χ4v) is 3.23. The zero-order valence-electron chi connectivity index (χ0n) is 17.6. The normalized spacial score (nSPS) is 18.1. The number of likely N-dealkylation sites (tertiary alicyclic amines) is 1. The van der Waals surface area contributed by atoms with Gasteiger partial charge in [-0.2, -0.15) is 0 Å². The Hall–Kier alpha value is -0.850. The maximum Gasteiger partial charge on any atom is 0.193 e. The predicted molar refractivity (Wildman–Crippen MR) is 110 cm³/mol. The largest absolute Gasteiger partial charge is 0.382 e. The number of unbranched alkanes of at least 4 members (excludes halogenated alkanes) is 4. The van der Waals surface area contributed by atoms with Gasteiger partial charge in [0.05, 0.1) is 19.8 Å². The summed E-state index contributed by atoms with van der Waals surface area (Å²) in [6, 6.07) is 0. The summed E-state index contributed by atoms with van der Waals surface area (Å²) in [5.74, 6) is 1.69. The van der Waals surface area contributed by atoms with Crippen LogP contribution in [-0.4, -0.2) is 89.5 Å². The first kappa shape index (κ1) is 23.2. The summed E-state index contributed by atoms with van der Waals surface area (Å²) in [6.07, 6.45) is 7.62. The van der Waals surface area contributed by atoms with Crippen LogP contribution in [0.2, 0.25) is 0 Å². The number of aliphatic imine (C=N–C) groups is 1. The molecule has 0 aromatic rings. The molecule has 1 fully saturated rings. The van der Waals surface area contributed by atoms with Crippen molar-refractivity contribution in [1.82, 2.24) is 15.1 Å². The Labute approximate surface area is 161 Å². The lowest BCUT2D eigenvalue weighted by atomic mass is 10.1. The first-order valence-electron chi connectivity index (χ1n) is 10.4. The summed E-state index contributed by atoms with van der Waals surface area (Å²) in [4.78, 5) is 9.50. The number of nitrogens with zero attached hydrogens (tertiary/aromatic N) is 3. The quantitative estimate of drug-likeness (QED) is 0.289. The van der Waals surface area contributed by atoms with Gasteiger partial charge in [-0.3, -0.25) is 4.99 Å². The molecule has 1 saturated heterocycles. The lowest BCUT2D eigenvalue weighted by molar-refractivity contribution is 0.0536. The van der Waals surface area contributed by atoms with Crippen LogP contribution in [0.15, 0.2) is 4.99 Å². The zero-order valence-corrected chi connectivity index (χ0v) is 17.6. The van der Waals surface area contributed by atoms with Crippen LogP contribution in [0.5, 0.6) is 0 Å². The molecule has 0 bridgehead atoms. The molecule has 1 heterocycles. The van der Waals surface area contributed by atoms with E-state index in [4.69, 9.17) is 14.5 Å². The minimum atomic E-state index is 0.604. The number of rotatable bonds is 14. The van der Waals surface area contributed by atoms with Gasteiger partial charge in [0.1, 0.15) is 0 Å². The Morgan fingerprint density at radius 2 is 1.92 bits per heavy atom. The van der Waals surface area contributed by atoms with Gasteiger partial charge in [0.25, 0.3) is 0 Å². The third-order valence-electron chi connectivity index (χ3n) is 4.73. The summed E-state index contributed by atoms with van der Waals surface area (Å²) >= 11 is 0. The van der Waals surface area contributed by atoms with Gasteiger partial charge in [-0.1, -0.05) is 19.3 Å². The highest BCUT2D eigenvalue weighted by Gasteiger charge is 2.24. The summed E-state index contributed by atoms with van der Waals surface area (Å²) in [6.45, 7) is 9.52. The van der Waals surface area contributed by atoms with Gasteiger partial charge in [-0.15, -0.1) is 0 Å². The fraction of sp³-hybridized carbons (Fsp3) is 0.950. The maximum atomic E-state index is 5.69. The lowest BCUT2D eigenvalue weighted by Gasteiger charge is -2.21. The van der Waals surface area contributed by atoms with Crippen molar-refractivity contribution in [3.05, 3.63) is 0 Å². The van der Waals surface area contributed by atoms with Crippen LogP contribution in [0.25, 0.3) is 0 Å².